The first-order valence-corrected chi connectivity index (χ1v) is 7.81. The third kappa shape index (κ3) is 2.77. The highest BCUT2D eigenvalue weighted by Crippen LogP contribution is 2.28. The van der Waals surface area contributed by atoms with Crippen molar-refractivity contribution >= 4 is 22.9 Å². The Morgan fingerprint density at radius 1 is 1.00 bits per heavy atom. The van der Waals surface area contributed by atoms with Gasteiger partial charge < -0.3 is 15.4 Å². The van der Waals surface area contributed by atoms with Gasteiger partial charge in [-0.15, -0.1) is 0 Å². The van der Waals surface area contributed by atoms with Gasteiger partial charge in [0, 0.05) is 18.7 Å². The van der Waals surface area contributed by atoms with Crippen LogP contribution in [-0.4, -0.2) is 46.2 Å². The highest BCUT2D eigenvalue weighted by molar-refractivity contribution is 5.85. The number of ether oxygens (including phenoxy) is 1. The van der Waals surface area contributed by atoms with Gasteiger partial charge in [-0.05, 0) is 12.1 Å². The molecule has 0 bridgehead atoms. The summed E-state index contributed by atoms with van der Waals surface area (Å²) in [6.07, 6.45) is 1.23. The first-order valence-electron chi connectivity index (χ1n) is 7.81. The second-order valence-corrected chi connectivity index (χ2v) is 5.66. The quantitative estimate of drug-likeness (QED) is 0.697. The van der Waals surface area contributed by atoms with Gasteiger partial charge in [0.25, 0.3) is 0 Å². The normalized spacial score (nSPS) is 14.8. The van der Waals surface area contributed by atoms with Crippen LogP contribution in [0.3, 0.4) is 0 Å². The smallest absolute Gasteiger partial charge is 0.224 e. The number of hydrogen-bond acceptors (Lipinski definition) is 7. The third-order valence-electron chi connectivity index (χ3n) is 4.03. The van der Waals surface area contributed by atoms with Gasteiger partial charge in [-0.2, -0.15) is 9.97 Å². The van der Waals surface area contributed by atoms with Crippen molar-refractivity contribution in [2.24, 2.45) is 0 Å². The Kier molecular flexibility index (Phi) is 4.03. The molecule has 0 saturated carbocycles. The molecule has 0 aliphatic carbocycles. The molecule has 2 N–H and O–H groups in total. The van der Waals surface area contributed by atoms with E-state index in [1.165, 1.54) is 6.20 Å². The zero-order valence-corrected chi connectivity index (χ0v) is 13.4. The number of morpholine rings is 1. The van der Waals surface area contributed by atoms with Crippen LogP contribution in [0, 0.1) is 17.5 Å². The Balaban J connectivity index is 1.89. The van der Waals surface area contributed by atoms with E-state index in [-0.39, 0.29) is 22.9 Å². The van der Waals surface area contributed by atoms with Gasteiger partial charge in [-0.25, -0.2) is 23.1 Å². The molecule has 4 rings (SSSR count). The van der Waals surface area contributed by atoms with Crippen molar-refractivity contribution in [3.63, 3.8) is 0 Å². The summed E-state index contributed by atoms with van der Waals surface area (Å²) in [6.45, 7) is 2.15. The minimum absolute atomic E-state index is 0.0278. The van der Waals surface area contributed by atoms with Crippen LogP contribution in [0.4, 0.5) is 24.9 Å². The summed E-state index contributed by atoms with van der Waals surface area (Å²) in [5, 5.41) is 0. The number of hydrogen-bond donors (Lipinski definition) is 1. The first kappa shape index (κ1) is 16.5. The lowest BCUT2D eigenvalue weighted by molar-refractivity contribution is 0.122. The number of aromatic nitrogens is 4. The standard InChI is InChI=1S/C16H13F3N6O/c17-9-2-1-8(11(18)12(9)19)10-7-21-14-13(22-10)15(24-16(20)23-14)25-3-5-26-6-4-25/h1-2,7H,3-6H2,(H2,20,21,23,24). The summed E-state index contributed by atoms with van der Waals surface area (Å²) in [7, 11) is 0. The lowest BCUT2D eigenvalue weighted by Gasteiger charge is -2.28. The molecule has 0 atom stereocenters. The van der Waals surface area contributed by atoms with E-state index in [0.717, 1.165) is 12.1 Å². The molecule has 1 saturated heterocycles. The van der Waals surface area contributed by atoms with E-state index in [0.29, 0.717) is 37.6 Å². The molecule has 2 aromatic heterocycles. The zero-order valence-electron chi connectivity index (χ0n) is 13.4. The molecule has 1 fully saturated rings. The molecule has 134 valence electrons. The number of anilines is 2. The molecular weight excluding hydrogens is 349 g/mol. The molecule has 3 heterocycles. The van der Waals surface area contributed by atoms with Crippen molar-refractivity contribution < 1.29 is 17.9 Å². The van der Waals surface area contributed by atoms with Crippen LogP contribution in [0.1, 0.15) is 0 Å². The van der Waals surface area contributed by atoms with Crippen LogP contribution in [0.5, 0.6) is 0 Å². The van der Waals surface area contributed by atoms with Crippen LogP contribution < -0.4 is 10.6 Å². The highest BCUT2D eigenvalue weighted by Gasteiger charge is 2.21. The molecule has 10 heteroatoms. The average Bonchev–Trinajstić information content (AvgIpc) is 2.66. The van der Waals surface area contributed by atoms with Crippen LogP contribution in [0.15, 0.2) is 18.3 Å². The van der Waals surface area contributed by atoms with Gasteiger partial charge in [0.1, 0.15) is 0 Å². The Hall–Kier alpha value is -3.01. The number of halogens is 3. The summed E-state index contributed by atoms with van der Waals surface area (Å²) in [6, 6.07) is 1.94. The molecule has 7 nitrogen and oxygen atoms in total. The van der Waals surface area contributed by atoms with Crippen molar-refractivity contribution in [3.05, 3.63) is 35.8 Å². The van der Waals surface area contributed by atoms with Gasteiger partial charge in [0.15, 0.2) is 34.4 Å². The molecule has 0 amide bonds. The van der Waals surface area contributed by atoms with Crippen LogP contribution >= 0.6 is 0 Å². The Morgan fingerprint density at radius 2 is 1.77 bits per heavy atom. The average molecular weight is 362 g/mol. The highest BCUT2D eigenvalue weighted by atomic mass is 19.2. The second kappa shape index (κ2) is 6.37. The first-order chi connectivity index (χ1) is 12.5. The van der Waals surface area contributed by atoms with Crippen LogP contribution in [0.2, 0.25) is 0 Å². The molecule has 0 radical (unpaired) electrons. The number of nitrogens with two attached hydrogens (primary N) is 1. The molecule has 1 aliphatic rings. The van der Waals surface area contributed by atoms with E-state index >= 15 is 0 Å². The molecule has 0 spiro atoms. The van der Waals surface area contributed by atoms with E-state index in [4.69, 9.17) is 10.5 Å². The molecule has 26 heavy (non-hydrogen) atoms. The fraction of sp³-hybridized carbons (Fsp3) is 0.250. The molecule has 1 aliphatic heterocycles. The Bertz CT molecular complexity index is 993. The Morgan fingerprint density at radius 3 is 2.54 bits per heavy atom. The van der Waals surface area contributed by atoms with Crippen LogP contribution in [0.25, 0.3) is 22.4 Å². The van der Waals surface area contributed by atoms with Crippen molar-refractivity contribution in [1.29, 1.82) is 0 Å². The third-order valence-corrected chi connectivity index (χ3v) is 4.03. The minimum atomic E-state index is -1.56. The maximum atomic E-state index is 14.1. The fourth-order valence-corrected chi connectivity index (χ4v) is 2.76. The van der Waals surface area contributed by atoms with Crippen molar-refractivity contribution in [2.75, 3.05) is 36.9 Å². The number of nitrogen functional groups attached to an aromatic ring is 1. The van der Waals surface area contributed by atoms with Crippen molar-refractivity contribution in [3.8, 4) is 11.3 Å². The SMILES string of the molecule is Nc1nc(N2CCOCC2)c2nc(-c3ccc(F)c(F)c3F)cnc2n1. The summed E-state index contributed by atoms with van der Waals surface area (Å²) in [5.41, 5.74) is 6.10. The lowest BCUT2D eigenvalue weighted by atomic mass is 10.1. The molecular formula is C16H13F3N6O. The van der Waals surface area contributed by atoms with Gasteiger partial charge in [-0.1, -0.05) is 0 Å². The molecule has 1 aromatic carbocycles. The minimum Gasteiger partial charge on any atom is -0.378 e. The summed E-state index contributed by atoms with van der Waals surface area (Å²) >= 11 is 0. The van der Waals surface area contributed by atoms with E-state index in [2.05, 4.69) is 19.9 Å². The number of fused-ring (bicyclic) bond motifs is 1. The summed E-state index contributed by atoms with van der Waals surface area (Å²) in [4.78, 5) is 18.6. The number of benzene rings is 1. The van der Waals surface area contributed by atoms with E-state index in [1.807, 2.05) is 4.90 Å². The van der Waals surface area contributed by atoms with Gasteiger partial charge in [-0.3, -0.25) is 0 Å². The zero-order chi connectivity index (χ0) is 18.3. The fourth-order valence-electron chi connectivity index (χ4n) is 2.76. The predicted molar refractivity (Wildman–Crippen MR) is 87.9 cm³/mol. The van der Waals surface area contributed by atoms with E-state index < -0.39 is 17.5 Å². The van der Waals surface area contributed by atoms with Gasteiger partial charge in [0.2, 0.25) is 5.95 Å². The van der Waals surface area contributed by atoms with E-state index in [1.54, 1.807) is 0 Å². The van der Waals surface area contributed by atoms with Crippen molar-refractivity contribution in [2.45, 2.75) is 0 Å². The Labute approximate surface area is 145 Å². The maximum absolute atomic E-state index is 14.1. The molecule has 0 unspecified atom stereocenters. The predicted octanol–water partition coefficient (Wildman–Crippen LogP) is 1.92. The summed E-state index contributed by atoms with van der Waals surface area (Å²) < 4.78 is 46.2. The molecule has 3 aromatic rings. The lowest BCUT2D eigenvalue weighted by Crippen LogP contribution is -2.37. The van der Waals surface area contributed by atoms with Crippen LogP contribution in [-0.2, 0) is 4.74 Å². The maximum Gasteiger partial charge on any atom is 0.224 e. The number of rotatable bonds is 2. The largest absolute Gasteiger partial charge is 0.378 e. The second-order valence-electron chi connectivity index (χ2n) is 5.66. The monoisotopic (exact) mass is 362 g/mol. The topological polar surface area (TPSA) is 90.0 Å². The summed E-state index contributed by atoms with van der Waals surface area (Å²) in [5.74, 6) is -3.70. The van der Waals surface area contributed by atoms with Gasteiger partial charge >= 0.3 is 0 Å². The van der Waals surface area contributed by atoms with E-state index in [9.17, 15) is 13.2 Å². The van der Waals surface area contributed by atoms with Gasteiger partial charge in [0.05, 0.1) is 25.1 Å². The number of nitrogens with zero attached hydrogens (tertiary/aromatic N) is 5. The van der Waals surface area contributed by atoms with Crippen molar-refractivity contribution in [1.82, 2.24) is 19.9 Å².